The normalized spacial score (nSPS) is 17.1. The molecular weight excluding hydrogens is 192 g/mol. The zero-order valence-corrected chi connectivity index (χ0v) is 8.39. The molecule has 2 rings (SSSR count). The van der Waals surface area contributed by atoms with Crippen LogP contribution in [0.25, 0.3) is 0 Å². The number of nitrogens with zero attached hydrogens (tertiary/aromatic N) is 1. The zero-order chi connectivity index (χ0) is 10.7. The van der Waals surface area contributed by atoms with Gasteiger partial charge in [0.25, 0.3) is 5.91 Å². The third-order valence-corrected chi connectivity index (χ3v) is 2.54. The molecule has 0 bridgehead atoms. The number of rotatable bonds is 4. The minimum atomic E-state index is -0.405. The van der Waals surface area contributed by atoms with Gasteiger partial charge >= 0.3 is 0 Å². The van der Waals surface area contributed by atoms with Gasteiger partial charge in [0, 0.05) is 12.7 Å². The van der Waals surface area contributed by atoms with Crippen LogP contribution in [0.1, 0.15) is 23.3 Å². The first-order chi connectivity index (χ1) is 7.27. The molecular formula is C11H14N2O2. The molecule has 1 saturated carbocycles. The van der Waals surface area contributed by atoms with Gasteiger partial charge < -0.3 is 10.4 Å². The standard InChI is InChI=1S/C11H14N2O2/c14-10(8-4-5-8)7-13-11(15)9-3-1-2-6-12-9/h1-3,6,8,10,14H,4-5,7H2,(H,13,15). The van der Waals surface area contributed by atoms with Gasteiger partial charge in [-0.2, -0.15) is 0 Å². The SMILES string of the molecule is O=C(NCC(O)C1CC1)c1ccccn1. The zero-order valence-electron chi connectivity index (χ0n) is 8.39. The number of aliphatic hydroxyl groups excluding tert-OH is 1. The fraction of sp³-hybridized carbons (Fsp3) is 0.455. The predicted molar refractivity (Wildman–Crippen MR) is 55.3 cm³/mol. The van der Waals surface area contributed by atoms with Crippen molar-refractivity contribution in [3.63, 3.8) is 0 Å². The van der Waals surface area contributed by atoms with Gasteiger partial charge in [0.2, 0.25) is 0 Å². The van der Waals surface area contributed by atoms with Crippen LogP contribution < -0.4 is 5.32 Å². The highest BCUT2D eigenvalue weighted by molar-refractivity contribution is 5.92. The van der Waals surface area contributed by atoms with Crippen molar-refractivity contribution in [2.45, 2.75) is 18.9 Å². The summed E-state index contributed by atoms with van der Waals surface area (Å²) in [5, 5.41) is 12.2. The quantitative estimate of drug-likeness (QED) is 0.757. The highest BCUT2D eigenvalue weighted by atomic mass is 16.3. The Kier molecular flexibility index (Phi) is 2.97. The van der Waals surface area contributed by atoms with Gasteiger partial charge in [-0.05, 0) is 30.9 Å². The van der Waals surface area contributed by atoms with E-state index in [-0.39, 0.29) is 5.91 Å². The lowest BCUT2D eigenvalue weighted by Crippen LogP contribution is -2.33. The Balaban J connectivity index is 1.82. The van der Waals surface area contributed by atoms with Crippen LogP contribution >= 0.6 is 0 Å². The molecule has 1 aromatic rings. The van der Waals surface area contributed by atoms with Crippen molar-refractivity contribution in [3.05, 3.63) is 30.1 Å². The second-order valence-electron chi connectivity index (χ2n) is 3.83. The summed E-state index contributed by atoms with van der Waals surface area (Å²) < 4.78 is 0. The predicted octanol–water partition coefficient (Wildman–Crippen LogP) is 0.582. The minimum absolute atomic E-state index is 0.227. The van der Waals surface area contributed by atoms with Crippen molar-refractivity contribution in [1.29, 1.82) is 0 Å². The van der Waals surface area contributed by atoms with Crippen molar-refractivity contribution >= 4 is 5.91 Å². The van der Waals surface area contributed by atoms with Crippen LogP contribution in [0.3, 0.4) is 0 Å². The molecule has 0 aromatic carbocycles. The molecule has 1 unspecified atom stereocenters. The van der Waals surface area contributed by atoms with Crippen molar-refractivity contribution in [1.82, 2.24) is 10.3 Å². The van der Waals surface area contributed by atoms with Crippen LogP contribution in [0.15, 0.2) is 24.4 Å². The van der Waals surface area contributed by atoms with Crippen molar-refractivity contribution in [2.75, 3.05) is 6.54 Å². The average molecular weight is 206 g/mol. The number of hydrogen-bond acceptors (Lipinski definition) is 3. The van der Waals surface area contributed by atoms with Crippen LogP contribution in [0.5, 0.6) is 0 Å². The summed E-state index contributed by atoms with van der Waals surface area (Å²) in [4.78, 5) is 15.4. The van der Waals surface area contributed by atoms with Crippen LogP contribution in [-0.4, -0.2) is 28.6 Å². The maximum Gasteiger partial charge on any atom is 0.269 e. The molecule has 1 heterocycles. The van der Waals surface area contributed by atoms with Crippen LogP contribution in [0, 0.1) is 5.92 Å². The Hall–Kier alpha value is -1.42. The van der Waals surface area contributed by atoms with E-state index in [2.05, 4.69) is 10.3 Å². The number of nitrogens with one attached hydrogen (secondary N) is 1. The molecule has 80 valence electrons. The molecule has 0 saturated heterocycles. The number of aliphatic hydroxyl groups is 1. The average Bonchev–Trinajstić information content (AvgIpc) is 3.10. The third kappa shape index (κ3) is 2.76. The van der Waals surface area contributed by atoms with Gasteiger partial charge in [0.15, 0.2) is 0 Å². The van der Waals surface area contributed by atoms with E-state index >= 15 is 0 Å². The fourth-order valence-corrected chi connectivity index (χ4v) is 1.43. The Morgan fingerprint density at radius 1 is 1.60 bits per heavy atom. The molecule has 0 radical (unpaired) electrons. The van der Waals surface area contributed by atoms with Crippen molar-refractivity contribution < 1.29 is 9.90 Å². The van der Waals surface area contributed by atoms with Gasteiger partial charge in [-0.25, -0.2) is 0 Å². The number of hydrogen-bond donors (Lipinski definition) is 2. The van der Waals surface area contributed by atoms with E-state index in [0.29, 0.717) is 18.2 Å². The first-order valence-electron chi connectivity index (χ1n) is 5.14. The first-order valence-corrected chi connectivity index (χ1v) is 5.14. The summed E-state index contributed by atoms with van der Waals surface area (Å²) in [5.74, 6) is 0.157. The molecule has 1 aliphatic carbocycles. The van der Waals surface area contributed by atoms with E-state index in [9.17, 15) is 9.90 Å². The summed E-state index contributed by atoms with van der Waals surface area (Å²) in [6.07, 6.45) is 3.31. The highest BCUT2D eigenvalue weighted by Gasteiger charge is 2.29. The maximum atomic E-state index is 11.5. The second kappa shape index (κ2) is 4.40. The lowest BCUT2D eigenvalue weighted by atomic mass is 10.2. The maximum absolute atomic E-state index is 11.5. The molecule has 1 atom stereocenters. The van der Waals surface area contributed by atoms with Crippen LogP contribution in [-0.2, 0) is 0 Å². The van der Waals surface area contributed by atoms with Gasteiger partial charge in [-0.3, -0.25) is 9.78 Å². The largest absolute Gasteiger partial charge is 0.391 e. The van der Waals surface area contributed by atoms with E-state index in [1.807, 2.05) is 0 Å². The molecule has 2 N–H and O–H groups in total. The Morgan fingerprint density at radius 3 is 3.00 bits per heavy atom. The van der Waals surface area contributed by atoms with E-state index in [0.717, 1.165) is 12.8 Å². The number of pyridine rings is 1. The molecule has 1 aliphatic rings. The first kappa shape index (κ1) is 10.1. The van der Waals surface area contributed by atoms with Gasteiger partial charge in [-0.15, -0.1) is 0 Å². The van der Waals surface area contributed by atoms with E-state index in [1.165, 1.54) is 0 Å². The minimum Gasteiger partial charge on any atom is -0.391 e. The molecule has 1 fully saturated rings. The molecule has 0 aliphatic heterocycles. The summed E-state index contributed by atoms with van der Waals surface area (Å²) in [5.41, 5.74) is 0.389. The Morgan fingerprint density at radius 2 is 2.40 bits per heavy atom. The van der Waals surface area contributed by atoms with Crippen molar-refractivity contribution in [3.8, 4) is 0 Å². The molecule has 4 heteroatoms. The van der Waals surface area contributed by atoms with Gasteiger partial charge in [0.05, 0.1) is 6.10 Å². The smallest absolute Gasteiger partial charge is 0.269 e. The number of amides is 1. The van der Waals surface area contributed by atoms with Gasteiger partial charge in [-0.1, -0.05) is 6.07 Å². The lowest BCUT2D eigenvalue weighted by Gasteiger charge is -2.09. The highest BCUT2D eigenvalue weighted by Crippen LogP contribution is 2.32. The Labute approximate surface area is 88.3 Å². The number of carbonyl (C=O) groups is 1. The molecule has 0 spiro atoms. The summed E-state index contributed by atoms with van der Waals surface area (Å²) in [6, 6.07) is 5.17. The van der Waals surface area contributed by atoms with E-state index < -0.39 is 6.10 Å². The monoisotopic (exact) mass is 206 g/mol. The summed E-state index contributed by atoms with van der Waals surface area (Å²) in [6.45, 7) is 0.320. The van der Waals surface area contributed by atoms with Crippen LogP contribution in [0.4, 0.5) is 0 Å². The summed E-state index contributed by atoms with van der Waals surface area (Å²) >= 11 is 0. The van der Waals surface area contributed by atoms with Gasteiger partial charge in [0.1, 0.15) is 5.69 Å². The number of aromatic nitrogens is 1. The van der Waals surface area contributed by atoms with E-state index in [1.54, 1.807) is 24.4 Å². The molecule has 15 heavy (non-hydrogen) atoms. The second-order valence-corrected chi connectivity index (χ2v) is 3.83. The lowest BCUT2D eigenvalue weighted by molar-refractivity contribution is 0.0896. The fourth-order valence-electron chi connectivity index (χ4n) is 1.43. The summed E-state index contributed by atoms with van der Waals surface area (Å²) in [7, 11) is 0. The third-order valence-electron chi connectivity index (χ3n) is 2.54. The molecule has 4 nitrogen and oxygen atoms in total. The topological polar surface area (TPSA) is 62.2 Å². The van der Waals surface area contributed by atoms with Crippen molar-refractivity contribution in [2.24, 2.45) is 5.92 Å². The molecule has 1 aromatic heterocycles. The van der Waals surface area contributed by atoms with E-state index in [4.69, 9.17) is 0 Å². The number of carbonyl (C=O) groups excluding carboxylic acids is 1. The molecule has 1 amide bonds. The van der Waals surface area contributed by atoms with Crippen LogP contribution in [0.2, 0.25) is 0 Å². The Bertz CT molecular complexity index is 336.